The van der Waals surface area contributed by atoms with Crippen molar-refractivity contribution in [1.82, 2.24) is 5.32 Å². The number of carbonyl (C=O) groups is 2. The highest BCUT2D eigenvalue weighted by atomic mass is 16.5. The van der Waals surface area contributed by atoms with E-state index in [4.69, 9.17) is 4.74 Å². The van der Waals surface area contributed by atoms with E-state index in [0.717, 1.165) is 0 Å². The zero-order valence-electron chi connectivity index (χ0n) is 12.8. The molecule has 21 heavy (non-hydrogen) atoms. The number of nitrogens with one attached hydrogen (secondary N) is 2. The standard InChI is InChI=1S/C15H22N2O4/c1-10(2)11(3)16-14(18)9-21-13-7-5-12(6-8-13)17-15(19)20-4/h5-8,10-11H,9H2,1-4H3,(H,16,18)(H,17,19)/t11-/m0/s1. The van der Waals surface area contributed by atoms with Crippen LogP contribution in [0.5, 0.6) is 5.75 Å². The average Bonchev–Trinajstić information content (AvgIpc) is 2.46. The van der Waals surface area contributed by atoms with Gasteiger partial charge in [0.15, 0.2) is 6.61 Å². The summed E-state index contributed by atoms with van der Waals surface area (Å²) in [6.07, 6.45) is -0.536. The highest BCUT2D eigenvalue weighted by Crippen LogP contribution is 2.15. The summed E-state index contributed by atoms with van der Waals surface area (Å²) >= 11 is 0. The number of hydrogen-bond donors (Lipinski definition) is 2. The van der Waals surface area contributed by atoms with Crippen LogP contribution in [-0.2, 0) is 9.53 Å². The third-order valence-corrected chi connectivity index (χ3v) is 3.04. The Bertz CT molecular complexity index is 471. The first-order valence-corrected chi connectivity index (χ1v) is 6.79. The van der Waals surface area contributed by atoms with Crippen molar-refractivity contribution in [2.24, 2.45) is 5.92 Å². The van der Waals surface area contributed by atoms with Gasteiger partial charge in [-0.2, -0.15) is 0 Å². The lowest BCUT2D eigenvalue weighted by Gasteiger charge is -2.17. The molecule has 0 radical (unpaired) electrons. The number of anilines is 1. The van der Waals surface area contributed by atoms with Gasteiger partial charge in [-0.1, -0.05) is 13.8 Å². The Hall–Kier alpha value is -2.24. The van der Waals surface area contributed by atoms with Gasteiger partial charge in [0.1, 0.15) is 5.75 Å². The molecule has 0 aliphatic carbocycles. The molecule has 1 atom stereocenters. The molecule has 1 aromatic rings. The van der Waals surface area contributed by atoms with E-state index in [2.05, 4.69) is 15.4 Å². The minimum absolute atomic E-state index is 0.0408. The highest BCUT2D eigenvalue weighted by molar-refractivity contribution is 5.84. The Kier molecular flexibility index (Phi) is 6.52. The molecule has 0 saturated heterocycles. The first kappa shape index (κ1) is 16.8. The summed E-state index contributed by atoms with van der Waals surface area (Å²) in [5.74, 6) is 0.767. The SMILES string of the molecule is COC(=O)Nc1ccc(OCC(=O)N[C@@H](C)C(C)C)cc1. The number of methoxy groups -OCH3 is 1. The van der Waals surface area contributed by atoms with Gasteiger partial charge >= 0.3 is 6.09 Å². The topological polar surface area (TPSA) is 76.7 Å². The first-order valence-electron chi connectivity index (χ1n) is 6.79. The Morgan fingerprint density at radius 3 is 2.29 bits per heavy atom. The molecule has 1 rings (SSSR count). The van der Waals surface area contributed by atoms with E-state index >= 15 is 0 Å². The van der Waals surface area contributed by atoms with Crippen LogP contribution in [0.1, 0.15) is 20.8 Å². The van der Waals surface area contributed by atoms with E-state index in [0.29, 0.717) is 17.4 Å². The molecule has 0 fully saturated rings. The Morgan fingerprint density at radius 2 is 1.76 bits per heavy atom. The fraction of sp³-hybridized carbons (Fsp3) is 0.467. The molecule has 2 amide bonds. The summed E-state index contributed by atoms with van der Waals surface area (Å²) in [5, 5.41) is 5.38. The first-order chi connectivity index (χ1) is 9.92. The van der Waals surface area contributed by atoms with Crippen molar-refractivity contribution < 1.29 is 19.1 Å². The minimum atomic E-state index is -0.536. The maximum atomic E-state index is 11.7. The van der Waals surface area contributed by atoms with Crippen LogP contribution in [0.4, 0.5) is 10.5 Å². The van der Waals surface area contributed by atoms with Crippen LogP contribution >= 0.6 is 0 Å². The molecule has 2 N–H and O–H groups in total. The van der Waals surface area contributed by atoms with E-state index in [9.17, 15) is 9.59 Å². The highest BCUT2D eigenvalue weighted by Gasteiger charge is 2.11. The Morgan fingerprint density at radius 1 is 1.14 bits per heavy atom. The Balaban J connectivity index is 2.42. The molecule has 0 bridgehead atoms. The number of ether oxygens (including phenoxy) is 2. The second kappa shape index (κ2) is 8.14. The number of carbonyl (C=O) groups excluding carboxylic acids is 2. The quantitative estimate of drug-likeness (QED) is 0.844. The smallest absolute Gasteiger partial charge is 0.411 e. The van der Waals surface area contributed by atoms with Crippen LogP contribution in [0.2, 0.25) is 0 Å². The molecule has 0 aromatic heterocycles. The molecule has 0 aliphatic rings. The molecule has 116 valence electrons. The number of rotatable bonds is 6. The van der Waals surface area contributed by atoms with Gasteiger partial charge in [-0.3, -0.25) is 10.1 Å². The molecule has 0 heterocycles. The van der Waals surface area contributed by atoms with Gasteiger partial charge in [0.2, 0.25) is 0 Å². The zero-order chi connectivity index (χ0) is 15.8. The summed E-state index contributed by atoms with van der Waals surface area (Å²) in [5.41, 5.74) is 0.590. The van der Waals surface area contributed by atoms with E-state index in [1.54, 1.807) is 24.3 Å². The third kappa shape index (κ3) is 6.16. The lowest BCUT2D eigenvalue weighted by Crippen LogP contribution is -2.38. The molecule has 0 unspecified atom stereocenters. The van der Waals surface area contributed by atoms with Gasteiger partial charge in [0.05, 0.1) is 7.11 Å². The lowest BCUT2D eigenvalue weighted by atomic mass is 10.1. The fourth-order valence-electron chi connectivity index (χ4n) is 1.41. The molecule has 0 spiro atoms. The van der Waals surface area contributed by atoms with Crippen LogP contribution < -0.4 is 15.4 Å². The molecule has 0 aliphatic heterocycles. The number of hydrogen-bond acceptors (Lipinski definition) is 4. The van der Waals surface area contributed by atoms with E-state index in [-0.39, 0.29) is 18.6 Å². The molecule has 6 heteroatoms. The van der Waals surface area contributed by atoms with Crippen molar-refractivity contribution in [2.75, 3.05) is 19.0 Å². The van der Waals surface area contributed by atoms with Crippen LogP contribution in [0.25, 0.3) is 0 Å². The average molecular weight is 294 g/mol. The minimum Gasteiger partial charge on any atom is -0.484 e. The predicted molar refractivity (Wildman–Crippen MR) is 80.4 cm³/mol. The Labute approximate surface area is 124 Å². The van der Waals surface area contributed by atoms with E-state index in [1.165, 1.54) is 7.11 Å². The molecular weight excluding hydrogens is 272 g/mol. The van der Waals surface area contributed by atoms with Gasteiger partial charge in [0.25, 0.3) is 5.91 Å². The second-order valence-corrected chi connectivity index (χ2v) is 5.03. The fourth-order valence-corrected chi connectivity index (χ4v) is 1.41. The van der Waals surface area contributed by atoms with Crippen LogP contribution in [-0.4, -0.2) is 31.8 Å². The zero-order valence-corrected chi connectivity index (χ0v) is 12.8. The maximum Gasteiger partial charge on any atom is 0.411 e. The summed E-state index contributed by atoms with van der Waals surface area (Å²) in [4.78, 5) is 22.7. The monoisotopic (exact) mass is 294 g/mol. The van der Waals surface area contributed by atoms with Crippen LogP contribution in [0.3, 0.4) is 0 Å². The normalized spacial score (nSPS) is 11.7. The van der Waals surface area contributed by atoms with Gasteiger partial charge in [-0.25, -0.2) is 4.79 Å². The van der Waals surface area contributed by atoms with E-state index < -0.39 is 6.09 Å². The predicted octanol–water partition coefficient (Wildman–Crippen LogP) is 2.40. The van der Waals surface area contributed by atoms with Crippen molar-refractivity contribution in [1.29, 1.82) is 0 Å². The number of amides is 2. The molecule has 1 aromatic carbocycles. The van der Waals surface area contributed by atoms with Crippen molar-refractivity contribution in [3.8, 4) is 5.75 Å². The second-order valence-electron chi connectivity index (χ2n) is 5.03. The van der Waals surface area contributed by atoms with Crippen molar-refractivity contribution in [3.05, 3.63) is 24.3 Å². The number of benzene rings is 1. The largest absolute Gasteiger partial charge is 0.484 e. The van der Waals surface area contributed by atoms with Crippen molar-refractivity contribution in [2.45, 2.75) is 26.8 Å². The van der Waals surface area contributed by atoms with Gasteiger partial charge in [0, 0.05) is 11.7 Å². The summed E-state index contributed by atoms with van der Waals surface area (Å²) in [6, 6.07) is 6.78. The summed E-state index contributed by atoms with van der Waals surface area (Å²) in [6.45, 7) is 5.99. The molecular formula is C15H22N2O4. The maximum absolute atomic E-state index is 11.7. The van der Waals surface area contributed by atoms with Crippen LogP contribution in [0.15, 0.2) is 24.3 Å². The van der Waals surface area contributed by atoms with E-state index in [1.807, 2.05) is 20.8 Å². The van der Waals surface area contributed by atoms with Gasteiger partial charge in [-0.05, 0) is 37.1 Å². The summed E-state index contributed by atoms with van der Waals surface area (Å²) < 4.78 is 9.86. The van der Waals surface area contributed by atoms with Gasteiger partial charge < -0.3 is 14.8 Å². The lowest BCUT2D eigenvalue weighted by molar-refractivity contribution is -0.124. The van der Waals surface area contributed by atoms with Crippen molar-refractivity contribution >= 4 is 17.7 Å². The van der Waals surface area contributed by atoms with Crippen LogP contribution in [0, 0.1) is 5.92 Å². The van der Waals surface area contributed by atoms with Crippen molar-refractivity contribution in [3.63, 3.8) is 0 Å². The third-order valence-electron chi connectivity index (χ3n) is 3.04. The molecule has 0 saturated carbocycles. The van der Waals surface area contributed by atoms with Gasteiger partial charge in [-0.15, -0.1) is 0 Å². The summed E-state index contributed by atoms with van der Waals surface area (Å²) in [7, 11) is 1.30. The molecule has 6 nitrogen and oxygen atoms in total.